The summed E-state index contributed by atoms with van der Waals surface area (Å²) in [5, 5.41) is 9.81. The summed E-state index contributed by atoms with van der Waals surface area (Å²) in [6.07, 6.45) is 0.950. The van der Waals surface area contributed by atoms with Gasteiger partial charge >= 0.3 is 0 Å². The topological polar surface area (TPSA) is 53.7 Å². The van der Waals surface area contributed by atoms with Crippen molar-refractivity contribution < 1.29 is 23.1 Å². The lowest BCUT2D eigenvalue weighted by molar-refractivity contribution is 0.0683. The number of carbonyl (C=O) groups excluding carboxylic acids is 1. The fourth-order valence-electron chi connectivity index (χ4n) is 2.62. The van der Waals surface area contributed by atoms with Crippen molar-refractivity contribution in [2.24, 2.45) is 0 Å². The summed E-state index contributed by atoms with van der Waals surface area (Å²) in [7, 11) is 0. The SMILES string of the molecule is O=C(c1ccco1)N1C[C@H](O)C[C@H]1c1ccc(F)c(F)c1. The number of carbonyl (C=O) groups is 1. The molecule has 1 aliphatic heterocycles. The molecule has 2 atom stereocenters. The second-order valence-electron chi connectivity index (χ2n) is 5.01. The van der Waals surface area contributed by atoms with E-state index in [4.69, 9.17) is 4.42 Å². The Morgan fingerprint density at radius 1 is 1.29 bits per heavy atom. The smallest absolute Gasteiger partial charge is 0.290 e. The fraction of sp³-hybridized carbons (Fsp3) is 0.267. The molecule has 0 aliphatic carbocycles. The largest absolute Gasteiger partial charge is 0.459 e. The quantitative estimate of drug-likeness (QED) is 0.925. The maximum Gasteiger partial charge on any atom is 0.290 e. The molecule has 1 N–H and O–H groups in total. The summed E-state index contributed by atoms with van der Waals surface area (Å²) >= 11 is 0. The van der Waals surface area contributed by atoms with Gasteiger partial charge in [-0.1, -0.05) is 6.07 Å². The maximum atomic E-state index is 13.4. The zero-order valence-corrected chi connectivity index (χ0v) is 11.0. The number of aliphatic hydroxyl groups excluding tert-OH is 1. The van der Waals surface area contributed by atoms with Gasteiger partial charge in [0.05, 0.1) is 18.4 Å². The maximum absolute atomic E-state index is 13.4. The first-order chi connectivity index (χ1) is 10.1. The van der Waals surface area contributed by atoms with Crippen molar-refractivity contribution in [1.82, 2.24) is 4.90 Å². The molecule has 21 heavy (non-hydrogen) atoms. The van der Waals surface area contributed by atoms with Gasteiger partial charge < -0.3 is 14.4 Å². The molecule has 0 radical (unpaired) electrons. The number of nitrogens with zero attached hydrogens (tertiary/aromatic N) is 1. The minimum Gasteiger partial charge on any atom is -0.459 e. The van der Waals surface area contributed by atoms with Crippen molar-refractivity contribution in [3.8, 4) is 0 Å². The van der Waals surface area contributed by atoms with Gasteiger partial charge in [0.25, 0.3) is 5.91 Å². The van der Waals surface area contributed by atoms with Crippen LogP contribution in [0.25, 0.3) is 0 Å². The van der Waals surface area contributed by atoms with Crippen LogP contribution in [0.2, 0.25) is 0 Å². The highest BCUT2D eigenvalue weighted by atomic mass is 19.2. The number of aliphatic hydroxyl groups is 1. The number of benzene rings is 1. The van der Waals surface area contributed by atoms with Crippen LogP contribution in [-0.2, 0) is 0 Å². The lowest BCUT2D eigenvalue weighted by Crippen LogP contribution is -2.31. The standard InChI is InChI=1S/C15H13F2NO3/c16-11-4-3-9(6-12(11)17)13-7-10(19)8-18(13)15(20)14-2-1-5-21-14/h1-6,10,13,19H,7-8H2/t10-,13+/m1/s1. The van der Waals surface area contributed by atoms with Crippen molar-refractivity contribution in [3.05, 3.63) is 59.6 Å². The first-order valence-corrected chi connectivity index (χ1v) is 6.53. The molecule has 3 rings (SSSR count). The molecule has 1 aliphatic rings. The summed E-state index contributed by atoms with van der Waals surface area (Å²) in [5.41, 5.74) is 0.449. The molecule has 2 heterocycles. The van der Waals surface area contributed by atoms with Crippen LogP contribution in [0.1, 0.15) is 28.6 Å². The zero-order chi connectivity index (χ0) is 15.0. The summed E-state index contributed by atoms with van der Waals surface area (Å²) in [6, 6.07) is 6.10. The number of β-amino-alcohol motifs (C(OH)–C–C–N with tert-alkyl or cyclic N) is 1. The van der Waals surface area contributed by atoms with Crippen LogP contribution in [0.15, 0.2) is 41.0 Å². The lowest BCUT2D eigenvalue weighted by atomic mass is 10.0. The molecular formula is C15H13F2NO3. The van der Waals surface area contributed by atoms with E-state index >= 15 is 0 Å². The second-order valence-corrected chi connectivity index (χ2v) is 5.01. The van der Waals surface area contributed by atoms with Crippen molar-refractivity contribution in [3.63, 3.8) is 0 Å². The summed E-state index contributed by atoms with van der Waals surface area (Å²) < 4.78 is 31.5. The average molecular weight is 293 g/mol. The first kappa shape index (κ1) is 13.8. The van der Waals surface area contributed by atoms with Crippen LogP contribution in [0.3, 0.4) is 0 Å². The molecule has 1 saturated heterocycles. The van der Waals surface area contributed by atoms with Gasteiger partial charge in [0, 0.05) is 6.54 Å². The van der Waals surface area contributed by atoms with Gasteiger partial charge in [0.2, 0.25) is 0 Å². The van der Waals surface area contributed by atoms with E-state index in [1.807, 2.05) is 0 Å². The van der Waals surface area contributed by atoms with Gasteiger partial charge in [-0.2, -0.15) is 0 Å². The number of hydrogen-bond acceptors (Lipinski definition) is 3. The molecule has 1 fully saturated rings. The molecule has 0 bridgehead atoms. The van der Waals surface area contributed by atoms with E-state index in [2.05, 4.69) is 0 Å². The van der Waals surface area contributed by atoms with Crippen LogP contribution < -0.4 is 0 Å². The molecule has 0 spiro atoms. The third-order valence-corrected chi connectivity index (χ3v) is 3.60. The number of likely N-dealkylation sites (tertiary alicyclic amines) is 1. The molecule has 0 unspecified atom stereocenters. The molecule has 1 aromatic heterocycles. The molecule has 1 aromatic carbocycles. The number of furan rings is 1. The highest BCUT2D eigenvalue weighted by Crippen LogP contribution is 2.34. The number of rotatable bonds is 2. The zero-order valence-electron chi connectivity index (χ0n) is 11.0. The monoisotopic (exact) mass is 293 g/mol. The van der Waals surface area contributed by atoms with E-state index in [0.29, 0.717) is 5.56 Å². The Kier molecular flexibility index (Phi) is 3.47. The summed E-state index contributed by atoms with van der Waals surface area (Å²) in [6.45, 7) is 0.128. The Hall–Kier alpha value is -2.21. The minimum atomic E-state index is -0.973. The van der Waals surface area contributed by atoms with E-state index in [1.165, 1.54) is 23.3 Å². The third kappa shape index (κ3) is 2.54. The van der Waals surface area contributed by atoms with E-state index in [9.17, 15) is 18.7 Å². The van der Waals surface area contributed by atoms with Gasteiger partial charge in [-0.25, -0.2) is 8.78 Å². The molecule has 110 valence electrons. The predicted octanol–water partition coefficient (Wildman–Crippen LogP) is 2.51. The minimum absolute atomic E-state index is 0.128. The van der Waals surface area contributed by atoms with Crippen LogP contribution in [-0.4, -0.2) is 28.6 Å². The average Bonchev–Trinajstić information content (AvgIpc) is 3.10. The highest BCUT2D eigenvalue weighted by molar-refractivity contribution is 5.92. The predicted molar refractivity (Wildman–Crippen MR) is 69.5 cm³/mol. The Morgan fingerprint density at radius 2 is 2.10 bits per heavy atom. The van der Waals surface area contributed by atoms with E-state index in [0.717, 1.165) is 12.1 Å². The van der Waals surface area contributed by atoms with Crippen LogP contribution in [0.4, 0.5) is 8.78 Å². The van der Waals surface area contributed by atoms with Crippen LogP contribution in [0.5, 0.6) is 0 Å². The molecular weight excluding hydrogens is 280 g/mol. The Bertz CT molecular complexity index is 657. The molecule has 0 saturated carbocycles. The molecule has 2 aromatic rings. The van der Waals surface area contributed by atoms with Gasteiger partial charge in [0.1, 0.15) is 0 Å². The molecule has 4 nitrogen and oxygen atoms in total. The van der Waals surface area contributed by atoms with Crippen LogP contribution >= 0.6 is 0 Å². The Morgan fingerprint density at radius 3 is 2.76 bits per heavy atom. The van der Waals surface area contributed by atoms with Gasteiger partial charge in [-0.05, 0) is 36.2 Å². The summed E-state index contributed by atoms with van der Waals surface area (Å²) in [4.78, 5) is 13.8. The van der Waals surface area contributed by atoms with Crippen LogP contribution in [0, 0.1) is 11.6 Å². The Labute approximate surface area is 119 Å². The first-order valence-electron chi connectivity index (χ1n) is 6.53. The molecule has 6 heteroatoms. The highest BCUT2D eigenvalue weighted by Gasteiger charge is 2.36. The van der Waals surface area contributed by atoms with Crippen molar-refractivity contribution >= 4 is 5.91 Å². The number of hydrogen-bond donors (Lipinski definition) is 1. The van der Waals surface area contributed by atoms with E-state index in [1.54, 1.807) is 6.07 Å². The summed E-state index contributed by atoms with van der Waals surface area (Å²) in [5.74, 6) is -2.15. The number of amides is 1. The Balaban J connectivity index is 1.92. The normalized spacial score (nSPS) is 21.8. The fourth-order valence-corrected chi connectivity index (χ4v) is 2.62. The van der Waals surface area contributed by atoms with Gasteiger partial charge in [-0.3, -0.25) is 4.79 Å². The number of halogens is 2. The molecule has 1 amide bonds. The van der Waals surface area contributed by atoms with Gasteiger partial charge in [0.15, 0.2) is 17.4 Å². The lowest BCUT2D eigenvalue weighted by Gasteiger charge is -2.23. The van der Waals surface area contributed by atoms with Crippen molar-refractivity contribution in [2.75, 3.05) is 6.54 Å². The van der Waals surface area contributed by atoms with Crippen molar-refractivity contribution in [2.45, 2.75) is 18.6 Å². The third-order valence-electron chi connectivity index (χ3n) is 3.60. The van der Waals surface area contributed by atoms with E-state index < -0.39 is 23.8 Å². The van der Waals surface area contributed by atoms with Gasteiger partial charge in [-0.15, -0.1) is 0 Å². The second kappa shape index (κ2) is 5.29. The van der Waals surface area contributed by atoms with Crippen molar-refractivity contribution in [1.29, 1.82) is 0 Å². The van der Waals surface area contributed by atoms with E-state index in [-0.39, 0.29) is 24.6 Å².